The first-order chi connectivity index (χ1) is 9.52. The van der Waals surface area contributed by atoms with Crippen LogP contribution in [0.15, 0.2) is 18.2 Å². The Balaban J connectivity index is 2.13. The van der Waals surface area contributed by atoms with Crippen molar-refractivity contribution in [2.75, 3.05) is 18.0 Å². The van der Waals surface area contributed by atoms with Crippen molar-refractivity contribution in [1.29, 1.82) is 0 Å². The molecule has 0 bridgehead atoms. The largest absolute Gasteiger partial charge is 0.508 e. The molecule has 1 aliphatic heterocycles. The van der Waals surface area contributed by atoms with Crippen LogP contribution in [0.5, 0.6) is 5.75 Å². The Morgan fingerprint density at radius 1 is 1.40 bits per heavy atom. The smallest absolute Gasteiger partial charge is 0.122 e. The third-order valence-electron chi connectivity index (χ3n) is 4.30. The van der Waals surface area contributed by atoms with E-state index in [0.29, 0.717) is 11.8 Å². The van der Waals surface area contributed by atoms with E-state index in [-0.39, 0.29) is 6.04 Å². The highest BCUT2D eigenvalue weighted by Gasteiger charge is 2.26. The molecule has 2 rings (SSSR count). The number of nitrogens with zero attached hydrogens (tertiary/aromatic N) is 1. The lowest BCUT2D eigenvalue weighted by molar-refractivity contribution is 0.452. The maximum absolute atomic E-state index is 10.3. The minimum Gasteiger partial charge on any atom is -0.508 e. The minimum atomic E-state index is 0.193. The van der Waals surface area contributed by atoms with Gasteiger partial charge < -0.3 is 15.3 Å². The van der Waals surface area contributed by atoms with E-state index in [1.54, 1.807) is 0 Å². The van der Waals surface area contributed by atoms with Gasteiger partial charge in [-0.3, -0.25) is 0 Å². The van der Waals surface area contributed by atoms with Crippen LogP contribution in [0.2, 0.25) is 0 Å². The number of rotatable bonds is 5. The third-order valence-corrected chi connectivity index (χ3v) is 4.30. The molecule has 0 saturated carbocycles. The highest BCUT2D eigenvalue weighted by molar-refractivity contribution is 5.55. The van der Waals surface area contributed by atoms with Gasteiger partial charge in [-0.15, -0.1) is 0 Å². The van der Waals surface area contributed by atoms with Crippen molar-refractivity contribution in [3.63, 3.8) is 0 Å². The molecule has 1 aliphatic rings. The quantitative estimate of drug-likeness (QED) is 0.861. The van der Waals surface area contributed by atoms with Gasteiger partial charge in [-0.2, -0.15) is 0 Å². The second kappa shape index (κ2) is 6.49. The summed E-state index contributed by atoms with van der Waals surface area (Å²) in [6, 6.07) is 6.89. The fraction of sp³-hybridized carbons (Fsp3) is 0.647. The van der Waals surface area contributed by atoms with Gasteiger partial charge in [-0.05, 0) is 45.2 Å². The molecule has 1 saturated heterocycles. The zero-order valence-corrected chi connectivity index (χ0v) is 13.2. The molecule has 3 unspecified atom stereocenters. The number of anilines is 1. The maximum Gasteiger partial charge on any atom is 0.122 e. The van der Waals surface area contributed by atoms with Crippen molar-refractivity contribution < 1.29 is 5.11 Å². The van der Waals surface area contributed by atoms with Crippen LogP contribution in [0.25, 0.3) is 0 Å². The maximum atomic E-state index is 10.3. The number of hydrogen-bond donors (Lipinski definition) is 2. The van der Waals surface area contributed by atoms with Crippen molar-refractivity contribution in [2.24, 2.45) is 5.92 Å². The Hall–Kier alpha value is -1.22. The van der Waals surface area contributed by atoms with E-state index in [0.717, 1.165) is 36.7 Å². The van der Waals surface area contributed by atoms with Crippen molar-refractivity contribution in [3.8, 4) is 5.75 Å². The zero-order valence-electron chi connectivity index (χ0n) is 13.2. The number of nitrogens with one attached hydrogen (secondary N) is 1. The topological polar surface area (TPSA) is 35.5 Å². The van der Waals surface area contributed by atoms with Gasteiger partial charge in [-0.1, -0.05) is 19.9 Å². The summed E-state index contributed by atoms with van der Waals surface area (Å²) >= 11 is 0. The minimum absolute atomic E-state index is 0.193. The Labute approximate surface area is 123 Å². The van der Waals surface area contributed by atoms with Crippen LogP contribution in [-0.4, -0.2) is 24.2 Å². The number of benzene rings is 1. The molecule has 112 valence electrons. The van der Waals surface area contributed by atoms with Crippen LogP contribution in [0.4, 0.5) is 5.69 Å². The molecule has 2 N–H and O–H groups in total. The summed E-state index contributed by atoms with van der Waals surface area (Å²) in [5, 5.41) is 13.7. The SMILES string of the molecule is CCCNC(C)c1ccc(N2CC(C)CC2C)cc1O. The summed E-state index contributed by atoms with van der Waals surface area (Å²) in [4.78, 5) is 2.40. The van der Waals surface area contributed by atoms with Crippen LogP contribution >= 0.6 is 0 Å². The fourth-order valence-corrected chi connectivity index (χ4v) is 3.21. The van der Waals surface area contributed by atoms with Gasteiger partial charge in [0.15, 0.2) is 0 Å². The summed E-state index contributed by atoms with van der Waals surface area (Å²) in [7, 11) is 0. The Bertz CT molecular complexity index is 447. The van der Waals surface area contributed by atoms with Gasteiger partial charge in [0.05, 0.1) is 0 Å². The molecule has 3 atom stereocenters. The Kier molecular flexibility index (Phi) is 4.92. The summed E-state index contributed by atoms with van der Waals surface area (Å²) in [6.07, 6.45) is 2.34. The lowest BCUT2D eigenvalue weighted by Gasteiger charge is -2.25. The van der Waals surface area contributed by atoms with Gasteiger partial charge in [0.25, 0.3) is 0 Å². The highest BCUT2D eigenvalue weighted by atomic mass is 16.3. The Morgan fingerprint density at radius 3 is 2.70 bits per heavy atom. The average molecular weight is 276 g/mol. The molecule has 0 amide bonds. The molecule has 0 aromatic heterocycles. The van der Waals surface area contributed by atoms with E-state index in [4.69, 9.17) is 0 Å². The van der Waals surface area contributed by atoms with Crippen LogP contribution < -0.4 is 10.2 Å². The van der Waals surface area contributed by atoms with Crippen LogP contribution in [0.1, 0.15) is 52.1 Å². The van der Waals surface area contributed by atoms with Crippen LogP contribution in [0, 0.1) is 5.92 Å². The van der Waals surface area contributed by atoms with Gasteiger partial charge in [-0.25, -0.2) is 0 Å². The first kappa shape index (κ1) is 15.2. The molecule has 1 aromatic rings. The lowest BCUT2D eigenvalue weighted by atomic mass is 10.1. The number of phenols is 1. The molecule has 0 aliphatic carbocycles. The van der Waals surface area contributed by atoms with E-state index >= 15 is 0 Å². The predicted octanol–water partition coefficient (Wildman–Crippen LogP) is 3.69. The Morgan fingerprint density at radius 2 is 2.15 bits per heavy atom. The number of phenolic OH excluding ortho intramolecular Hbond substituents is 1. The molecule has 0 spiro atoms. The monoisotopic (exact) mass is 276 g/mol. The number of aromatic hydroxyl groups is 1. The summed E-state index contributed by atoms with van der Waals surface area (Å²) in [6.45, 7) is 10.9. The summed E-state index contributed by atoms with van der Waals surface area (Å²) < 4.78 is 0. The van der Waals surface area contributed by atoms with E-state index < -0.39 is 0 Å². The number of hydrogen-bond acceptors (Lipinski definition) is 3. The second-order valence-electron chi connectivity index (χ2n) is 6.26. The molecule has 1 heterocycles. The first-order valence-electron chi connectivity index (χ1n) is 7.85. The summed E-state index contributed by atoms with van der Waals surface area (Å²) in [5.41, 5.74) is 2.13. The van der Waals surface area contributed by atoms with Crippen molar-refractivity contribution in [3.05, 3.63) is 23.8 Å². The third kappa shape index (κ3) is 3.26. The molecule has 1 aromatic carbocycles. The standard InChI is InChI=1S/C17H28N2O/c1-5-8-18-14(4)16-7-6-15(10-17(16)20)19-11-12(2)9-13(19)3/h6-7,10,12-14,18,20H,5,8-9,11H2,1-4H3. The molecule has 3 nitrogen and oxygen atoms in total. The molecule has 0 radical (unpaired) electrons. The lowest BCUT2D eigenvalue weighted by Crippen LogP contribution is -2.26. The average Bonchev–Trinajstić information content (AvgIpc) is 2.75. The highest BCUT2D eigenvalue weighted by Crippen LogP contribution is 2.33. The molecular formula is C17H28N2O. The molecule has 1 fully saturated rings. The van der Waals surface area contributed by atoms with Crippen LogP contribution in [0.3, 0.4) is 0 Å². The van der Waals surface area contributed by atoms with Crippen molar-refractivity contribution in [2.45, 2.75) is 52.6 Å². The molecule has 20 heavy (non-hydrogen) atoms. The first-order valence-corrected chi connectivity index (χ1v) is 7.85. The van der Waals surface area contributed by atoms with Crippen molar-refractivity contribution >= 4 is 5.69 Å². The zero-order chi connectivity index (χ0) is 14.7. The summed E-state index contributed by atoms with van der Waals surface area (Å²) in [5.74, 6) is 1.14. The second-order valence-corrected chi connectivity index (χ2v) is 6.26. The van der Waals surface area contributed by atoms with Gasteiger partial charge >= 0.3 is 0 Å². The fourth-order valence-electron chi connectivity index (χ4n) is 3.21. The van der Waals surface area contributed by atoms with E-state index in [9.17, 15) is 5.11 Å². The van der Waals surface area contributed by atoms with Crippen LogP contribution in [-0.2, 0) is 0 Å². The van der Waals surface area contributed by atoms with E-state index in [1.165, 1.54) is 6.42 Å². The van der Waals surface area contributed by atoms with Gasteiger partial charge in [0.1, 0.15) is 5.75 Å². The van der Waals surface area contributed by atoms with Crippen molar-refractivity contribution in [1.82, 2.24) is 5.32 Å². The predicted molar refractivity (Wildman–Crippen MR) is 85.4 cm³/mol. The van der Waals surface area contributed by atoms with Gasteiger partial charge in [0.2, 0.25) is 0 Å². The van der Waals surface area contributed by atoms with E-state index in [1.807, 2.05) is 6.07 Å². The normalized spacial score (nSPS) is 24.1. The van der Waals surface area contributed by atoms with E-state index in [2.05, 4.69) is 50.0 Å². The molecule has 3 heteroatoms. The van der Waals surface area contributed by atoms with Gasteiger partial charge in [0, 0.05) is 35.9 Å². The molecular weight excluding hydrogens is 248 g/mol.